The van der Waals surface area contributed by atoms with E-state index >= 15 is 0 Å². The van der Waals surface area contributed by atoms with Crippen LogP contribution in [0, 0.1) is 0 Å². The van der Waals surface area contributed by atoms with E-state index in [0.29, 0.717) is 0 Å². The van der Waals surface area contributed by atoms with Gasteiger partial charge in [-0.2, -0.15) is 25.3 Å². The molecule has 0 N–H and O–H groups in total. The monoisotopic (exact) mass is 234 g/mol. The van der Waals surface area contributed by atoms with Crippen LogP contribution in [-0.4, -0.2) is 11.5 Å². The Hall–Kier alpha value is 2.85. The molecule has 0 amide bonds. The molecular formula is C3H9Na2O3PS2. The second-order valence-electron chi connectivity index (χ2n) is 1.05. The molecule has 11 heavy (non-hydrogen) atoms. The first-order valence-corrected chi connectivity index (χ1v) is 4.73. The van der Waals surface area contributed by atoms with E-state index in [2.05, 4.69) is 25.3 Å². The average molecular weight is 234 g/mol. The smallest absolute Gasteiger partial charge is 0.813 e. The third-order valence-corrected chi connectivity index (χ3v) is 0.949. The Labute approximate surface area is 123 Å². The molecular weight excluding hydrogens is 225 g/mol. The fraction of sp³-hybridized carbons (Fsp3) is 1.00. The Kier molecular flexibility index (Phi) is 49.4. The maximum Gasteiger partial charge on any atom is 1.00 e. The van der Waals surface area contributed by atoms with Gasteiger partial charge in [-0.05, 0) is 17.9 Å². The summed E-state index contributed by atoms with van der Waals surface area (Å²) in [6.07, 6.45) is 1.12. The van der Waals surface area contributed by atoms with E-state index in [0.717, 1.165) is 17.9 Å². The summed E-state index contributed by atoms with van der Waals surface area (Å²) in [5.41, 5.74) is 0. The Bertz CT molecular complexity index is 71.6. The molecule has 8 heteroatoms. The molecule has 0 heterocycles. The van der Waals surface area contributed by atoms with Gasteiger partial charge in [-0.1, -0.05) is 8.25 Å². The van der Waals surface area contributed by atoms with Gasteiger partial charge in [-0.15, -0.1) is 0 Å². The Morgan fingerprint density at radius 2 is 1.27 bits per heavy atom. The molecule has 0 atom stereocenters. The van der Waals surface area contributed by atoms with Gasteiger partial charge in [-0.25, -0.2) is 0 Å². The summed E-state index contributed by atoms with van der Waals surface area (Å²) in [5, 5.41) is 0. The fourth-order valence-electron chi connectivity index (χ4n) is 0.0707. The zero-order valence-electron chi connectivity index (χ0n) is 6.74. The van der Waals surface area contributed by atoms with Crippen LogP contribution in [0.2, 0.25) is 0 Å². The van der Waals surface area contributed by atoms with Crippen LogP contribution < -0.4 is 68.9 Å². The quantitative estimate of drug-likeness (QED) is 0.284. The molecule has 0 saturated heterocycles. The fourth-order valence-corrected chi connectivity index (χ4v) is 0.636. The summed E-state index contributed by atoms with van der Waals surface area (Å²) in [4.78, 5) is 17.0. The van der Waals surface area contributed by atoms with Crippen LogP contribution in [0.4, 0.5) is 0 Å². The first-order valence-electron chi connectivity index (χ1n) is 2.24. The predicted molar refractivity (Wildman–Crippen MR) is 41.3 cm³/mol. The third-order valence-electron chi connectivity index (χ3n) is 0.316. The van der Waals surface area contributed by atoms with Crippen molar-refractivity contribution in [1.29, 1.82) is 0 Å². The van der Waals surface area contributed by atoms with Gasteiger partial charge in [0.25, 0.3) is 0 Å². The number of rotatable bonds is 2. The number of thiol groups is 2. The Morgan fingerprint density at radius 1 is 1.09 bits per heavy atom. The first-order chi connectivity index (χ1) is 4.15. The Morgan fingerprint density at radius 3 is 1.27 bits per heavy atom. The maximum atomic E-state index is 8.52. The van der Waals surface area contributed by atoms with E-state index in [1.165, 1.54) is 0 Å². The molecule has 0 saturated carbocycles. The number of hydrogen-bond donors (Lipinski definition) is 2. The van der Waals surface area contributed by atoms with Crippen LogP contribution in [0.15, 0.2) is 0 Å². The molecule has 58 valence electrons. The van der Waals surface area contributed by atoms with Gasteiger partial charge in [0, 0.05) is 0 Å². The molecule has 0 aromatic rings. The molecule has 0 fully saturated rings. The molecule has 0 bridgehead atoms. The average Bonchev–Trinajstić information content (AvgIpc) is 1.66. The molecule has 0 aliphatic rings. The molecule has 3 nitrogen and oxygen atoms in total. The van der Waals surface area contributed by atoms with E-state index in [1.807, 2.05) is 0 Å². The van der Waals surface area contributed by atoms with Gasteiger partial charge in [0.2, 0.25) is 0 Å². The first kappa shape index (κ1) is 23.6. The van der Waals surface area contributed by atoms with Crippen LogP contribution in [0.3, 0.4) is 0 Å². The summed E-state index contributed by atoms with van der Waals surface area (Å²) < 4.78 is 8.52. The largest absolute Gasteiger partial charge is 1.00 e. The maximum absolute atomic E-state index is 8.52. The molecule has 0 spiro atoms. The van der Waals surface area contributed by atoms with Crippen LogP contribution >= 0.6 is 33.5 Å². The molecule has 0 rings (SSSR count). The second kappa shape index (κ2) is 23.0. The summed E-state index contributed by atoms with van der Waals surface area (Å²) >= 11 is 7.90. The van der Waals surface area contributed by atoms with Gasteiger partial charge in [0.15, 0.2) is 0 Å². The van der Waals surface area contributed by atoms with Gasteiger partial charge >= 0.3 is 59.1 Å². The predicted octanol–water partition coefficient (Wildman–Crippen LogP) is -6.66. The van der Waals surface area contributed by atoms with Crippen molar-refractivity contribution in [2.24, 2.45) is 0 Å². The minimum atomic E-state index is -3.63. The molecule has 0 aliphatic heterocycles. The van der Waals surface area contributed by atoms with Gasteiger partial charge < -0.3 is 14.4 Å². The van der Waals surface area contributed by atoms with Crippen molar-refractivity contribution in [3.05, 3.63) is 0 Å². The molecule has 0 aromatic heterocycles. The van der Waals surface area contributed by atoms with Crippen molar-refractivity contribution in [2.75, 3.05) is 11.5 Å². The van der Waals surface area contributed by atoms with Crippen LogP contribution in [0.1, 0.15) is 6.42 Å². The van der Waals surface area contributed by atoms with Crippen molar-refractivity contribution >= 4 is 33.5 Å². The van der Waals surface area contributed by atoms with Crippen molar-refractivity contribution in [3.8, 4) is 0 Å². The molecule has 0 radical (unpaired) electrons. The minimum absolute atomic E-state index is 0. The second-order valence-corrected chi connectivity index (χ2v) is 2.45. The van der Waals surface area contributed by atoms with Crippen LogP contribution in [0.25, 0.3) is 0 Å². The summed E-state index contributed by atoms with van der Waals surface area (Å²) in [7, 11) is -3.63. The van der Waals surface area contributed by atoms with Crippen LogP contribution in [0.5, 0.6) is 0 Å². The van der Waals surface area contributed by atoms with Crippen molar-refractivity contribution in [2.45, 2.75) is 6.42 Å². The van der Waals surface area contributed by atoms with E-state index < -0.39 is 8.25 Å². The summed E-state index contributed by atoms with van der Waals surface area (Å²) in [6, 6.07) is 0. The van der Waals surface area contributed by atoms with Gasteiger partial charge in [0.1, 0.15) is 0 Å². The van der Waals surface area contributed by atoms with Crippen LogP contribution in [-0.2, 0) is 4.57 Å². The van der Waals surface area contributed by atoms with E-state index in [9.17, 15) is 0 Å². The van der Waals surface area contributed by atoms with Crippen molar-refractivity contribution in [3.63, 3.8) is 0 Å². The minimum Gasteiger partial charge on any atom is -0.813 e. The Balaban J connectivity index is -0.0000000383. The summed E-state index contributed by atoms with van der Waals surface area (Å²) in [5.74, 6) is 1.92. The SMILES string of the molecule is O=[PH]([O-])[O-].SCCCS.[Na+].[Na+]. The van der Waals surface area contributed by atoms with E-state index in [-0.39, 0.29) is 59.1 Å². The molecule has 0 unspecified atom stereocenters. The zero-order chi connectivity index (χ0) is 7.70. The standard InChI is InChI=1S/C3H8S2.2Na.H3O3P/c4-2-1-3-5;;;1-4(2)3/h4-5H,1-3H2;;;4H,(H2,1,2,3)/q;2*+1;/p-2. The molecule has 0 aromatic carbocycles. The molecule has 0 aliphatic carbocycles. The van der Waals surface area contributed by atoms with Gasteiger partial charge in [-0.3, -0.25) is 0 Å². The van der Waals surface area contributed by atoms with Gasteiger partial charge in [0.05, 0.1) is 0 Å². The van der Waals surface area contributed by atoms with E-state index in [1.54, 1.807) is 0 Å². The summed E-state index contributed by atoms with van der Waals surface area (Å²) in [6.45, 7) is 0. The van der Waals surface area contributed by atoms with Crippen molar-refractivity contribution in [1.82, 2.24) is 0 Å². The van der Waals surface area contributed by atoms with Crippen molar-refractivity contribution < 1.29 is 73.5 Å². The normalized spacial score (nSPS) is 7.00. The third kappa shape index (κ3) is 64.3. The zero-order valence-corrected chi connectivity index (χ0v) is 13.5. The topological polar surface area (TPSA) is 63.2 Å². The number of hydrogen-bond acceptors (Lipinski definition) is 5. The van der Waals surface area contributed by atoms with E-state index in [4.69, 9.17) is 14.4 Å².